The van der Waals surface area contributed by atoms with Gasteiger partial charge in [-0.05, 0) is 31.0 Å². The van der Waals surface area contributed by atoms with Gasteiger partial charge in [-0.1, -0.05) is 37.6 Å². The molecule has 0 aromatic heterocycles. The van der Waals surface area contributed by atoms with Crippen molar-refractivity contribution in [1.82, 2.24) is 10.2 Å². The topological polar surface area (TPSA) is 49.4 Å². The average molecular weight is 311 g/mol. The monoisotopic (exact) mass is 310 g/mol. The van der Waals surface area contributed by atoms with Crippen LogP contribution in [0.25, 0.3) is 0 Å². The summed E-state index contributed by atoms with van der Waals surface area (Å²) in [7, 11) is 0. The van der Waals surface area contributed by atoms with Gasteiger partial charge in [0.05, 0.1) is 0 Å². The largest absolute Gasteiger partial charge is 0.354 e. The highest BCUT2D eigenvalue weighted by molar-refractivity contribution is 6.30. The molecule has 2 amide bonds. The second-order valence-corrected chi connectivity index (χ2v) is 5.41. The first-order valence-electron chi connectivity index (χ1n) is 7.31. The highest BCUT2D eigenvalue weighted by Crippen LogP contribution is 2.14. The highest BCUT2D eigenvalue weighted by atomic mass is 35.5. The molecule has 4 nitrogen and oxygen atoms in total. The summed E-state index contributed by atoms with van der Waals surface area (Å²) in [5.41, 5.74) is 0.955. The van der Waals surface area contributed by atoms with Crippen LogP contribution in [0.5, 0.6) is 0 Å². The molecule has 1 aromatic rings. The lowest BCUT2D eigenvalue weighted by molar-refractivity contribution is -0.140. The van der Waals surface area contributed by atoms with Crippen LogP contribution in [-0.4, -0.2) is 29.3 Å². The summed E-state index contributed by atoms with van der Waals surface area (Å²) < 4.78 is 0. The van der Waals surface area contributed by atoms with Crippen LogP contribution in [0, 0.1) is 0 Å². The second-order valence-electron chi connectivity index (χ2n) is 4.97. The molecule has 5 heteroatoms. The van der Waals surface area contributed by atoms with Crippen LogP contribution in [0.4, 0.5) is 0 Å². The molecule has 1 N–H and O–H groups in total. The third-order valence-corrected chi connectivity index (χ3v) is 3.54. The van der Waals surface area contributed by atoms with Gasteiger partial charge in [0.2, 0.25) is 11.8 Å². The van der Waals surface area contributed by atoms with E-state index >= 15 is 0 Å². The maximum Gasteiger partial charge on any atom is 0.242 e. The lowest BCUT2D eigenvalue weighted by atomic mass is 10.1. The number of hydrogen-bond donors (Lipinski definition) is 1. The minimum atomic E-state index is -0.486. The Bertz CT molecular complexity index is 474. The predicted octanol–water partition coefficient (Wildman–Crippen LogP) is 2.99. The molecule has 21 heavy (non-hydrogen) atoms. The first kappa shape index (κ1) is 17.5. The summed E-state index contributed by atoms with van der Waals surface area (Å²) in [6.45, 7) is 6.58. The van der Waals surface area contributed by atoms with Gasteiger partial charge < -0.3 is 10.2 Å². The van der Waals surface area contributed by atoms with Crippen molar-refractivity contribution in [3.05, 3.63) is 34.9 Å². The van der Waals surface area contributed by atoms with Gasteiger partial charge in [0.15, 0.2) is 0 Å². The number of carbonyl (C=O) groups excluding carboxylic acids is 2. The molecule has 1 rings (SSSR count). The van der Waals surface area contributed by atoms with Gasteiger partial charge in [-0.2, -0.15) is 0 Å². The molecule has 0 saturated heterocycles. The van der Waals surface area contributed by atoms with Crippen molar-refractivity contribution >= 4 is 23.4 Å². The third kappa shape index (κ3) is 5.38. The van der Waals surface area contributed by atoms with Crippen LogP contribution in [0.3, 0.4) is 0 Å². The van der Waals surface area contributed by atoms with Crippen molar-refractivity contribution in [3.63, 3.8) is 0 Å². The van der Waals surface area contributed by atoms with E-state index in [1.165, 1.54) is 0 Å². The number of amides is 2. The van der Waals surface area contributed by atoms with E-state index in [-0.39, 0.29) is 11.8 Å². The lowest BCUT2D eigenvalue weighted by Gasteiger charge is -2.28. The SMILES string of the molecule is CCCNC(=O)[C@H](C)N(Cc1ccc(Cl)cc1)C(=O)CC. The fourth-order valence-electron chi connectivity index (χ4n) is 1.97. The van der Waals surface area contributed by atoms with Crippen LogP contribution in [0.1, 0.15) is 39.2 Å². The number of hydrogen-bond acceptors (Lipinski definition) is 2. The Hall–Kier alpha value is -1.55. The molecule has 0 aliphatic carbocycles. The molecule has 0 aliphatic rings. The fourth-order valence-corrected chi connectivity index (χ4v) is 2.09. The zero-order valence-electron chi connectivity index (χ0n) is 12.9. The van der Waals surface area contributed by atoms with Crippen LogP contribution in [0.15, 0.2) is 24.3 Å². The molecule has 1 atom stereocenters. The number of benzene rings is 1. The molecule has 0 aliphatic heterocycles. The molecule has 0 radical (unpaired) electrons. The minimum Gasteiger partial charge on any atom is -0.354 e. The summed E-state index contributed by atoms with van der Waals surface area (Å²) in [4.78, 5) is 25.8. The van der Waals surface area contributed by atoms with Gasteiger partial charge >= 0.3 is 0 Å². The van der Waals surface area contributed by atoms with Gasteiger partial charge in [0.25, 0.3) is 0 Å². The van der Waals surface area contributed by atoms with Crippen molar-refractivity contribution in [2.45, 2.75) is 46.2 Å². The van der Waals surface area contributed by atoms with Gasteiger partial charge in [0.1, 0.15) is 6.04 Å². The maximum absolute atomic E-state index is 12.1. The Balaban J connectivity index is 2.82. The molecule has 0 saturated carbocycles. The van der Waals surface area contributed by atoms with Crippen molar-refractivity contribution in [1.29, 1.82) is 0 Å². The Morgan fingerprint density at radius 3 is 2.38 bits per heavy atom. The second kappa shape index (κ2) is 8.67. The van der Waals surface area contributed by atoms with Crippen molar-refractivity contribution in [3.8, 4) is 0 Å². The van der Waals surface area contributed by atoms with E-state index in [0.717, 1.165) is 12.0 Å². The summed E-state index contributed by atoms with van der Waals surface area (Å²) in [6, 6.07) is 6.82. The Labute approximate surface area is 131 Å². The Morgan fingerprint density at radius 1 is 1.24 bits per heavy atom. The standard InChI is InChI=1S/C16H23ClN2O2/c1-4-10-18-16(21)12(3)19(15(20)5-2)11-13-6-8-14(17)9-7-13/h6-9,12H,4-5,10-11H2,1-3H3,(H,18,21)/t12-/m0/s1. The quantitative estimate of drug-likeness (QED) is 0.841. The van der Waals surface area contributed by atoms with E-state index in [4.69, 9.17) is 11.6 Å². The van der Waals surface area contributed by atoms with Gasteiger partial charge in [0, 0.05) is 24.5 Å². The Morgan fingerprint density at radius 2 is 1.86 bits per heavy atom. The zero-order chi connectivity index (χ0) is 15.8. The van der Waals surface area contributed by atoms with E-state index in [2.05, 4.69) is 5.32 Å². The maximum atomic E-state index is 12.1. The molecule has 0 fully saturated rings. The first-order valence-corrected chi connectivity index (χ1v) is 7.69. The minimum absolute atomic E-state index is 0.0379. The normalized spacial score (nSPS) is 11.8. The van der Waals surface area contributed by atoms with Crippen molar-refractivity contribution in [2.24, 2.45) is 0 Å². The highest BCUT2D eigenvalue weighted by Gasteiger charge is 2.24. The smallest absolute Gasteiger partial charge is 0.242 e. The molecule has 0 bridgehead atoms. The zero-order valence-corrected chi connectivity index (χ0v) is 13.6. The molecule has 0 unspecified atom stereocenters. The predicted molar refractivity (Wildman–Crippen MR) is 85.1 cm³/mol. The molecule has 0 spiro atoms. The van der Waals surface area contributed by atoms with Crippen molar-refractivity contribution in [2.75, 3.05) is 6.54 Å². The molecule has 1 aromatic carbocycles. The van der Waals surface area contributed by atoms with Gasteiger partial charge in [-0.3, -0.25) is 9.59 Å². The van der Waals surface area contributed by atoms with E-state index < -0.39 is 6.04 Å². The van der Waals surface area contributed by atoms with E-state index in [1.54, 1.807) is 30.9 Å². The van der Waals surface area contributed by atoms with E-state index in [0.29, 0.717) is 24.5 Å². The summed E-state index contributed by atoms with van der Waals surface area (Å²) >= 11 is 5.86. The number of halogens is 1. The molecule has 116 valence electrons. The van der Waals surface area contributed by atoms with Gasteiger partial charge in [-0.15, -0.1) is 0 Å². The van der Waals surface area contributed by atoms with E-state index in [9.17, 15) is 9.59 Å². The fraction of sp³-hybridized carbons (Fsp3) is 0.500. The molecular formula is C16H23ClN2O2. The summed E-state index contributed by atoms with van der Waals surface area (Å²) in [5, 5.41) is 3.49. The van der Waals surface area contributed by atoms with Gasteiger partial charge in [-0.25, -0.2) is 0 Å². The number of nitrogens with one attached hydrogen (secondary N) is 1. The molecule has 0 heterocycles. The number of carbonyl (C=O) groups is 2. The summed E-state index contributed by atoms with van der Waals surface area (Å²) in [5.74, 6) is -0.156. The van der Waals surface area contributed by atoms with Crippen LogP contribution < -0.4 is 5.32 Å². The average Bonchev–Trinajstić information content (AvgIpc) is 2.50. The van der Waals surface area contributed by atoms with Crippen LogP contribution >= 0.6 is 11.6 Å². The van der Waals surface area contributed by atoms with E-state index in [1.807, 2.05) is 19.1 Å². The number of nitrogens with zero attached hydrogens (tertiary/aromatic N) is 1. The lowest BCUT2D eigenvalue weighted by Crippen LogP contribution is -2.47. The summed E-state index contributed by atoms with van der Waals surface area (Å²) in [6.07, 6.45) is 1.25. The number of rotatable bonds is 7. The third-order valence-electron chi connectivity index (χ3n) is 3.29. The first-order chi connectivity index (χ1) is 9.99. The van der Waals surface area contributed by atoms with Crippen molar-refractivity contribution < 1.29 is 9.59 Å². The Kier molecular flexibility index (Phi) is 7.23. The van der Waals surface area contributed by atoms with Crippen LogP contribution in [0.2, 0.25) is 5.02 Å². The van der Waals surface area contributed by atoms with Crippen LogP contribution in [-0.2, 0) is 16.1 Å². The molecular weight excluding hydrogens is 288 g/mol.